The molecule has 6 nitrogen and oxygen atoms in total. The van der Waals surface area contributed by atoms with Crippen molar-refractivity contribution in [3.63, 3.8) is 0 Å². The SMILES string of the molecule is CCN(CC)C(=O)CN(C)C(=O)c1ccccc1-c1ncc(-c2ccccc2)o1. The molecule has 1 aromatic heterocycles. The van der Waals surface area contributed by atoms with E-state index in [0.717, 1.165) is 5.56 Å². The fraction of sp³-hybridized carbons (Fsp3) is 0.261. The fourth-order valence-electron chi connectivity index (χ4n) is 3.15. The Labute approximate surface area is 170 Å². The highest BCUT2D eigenvalue weighted by atomic mass is 16.4. The van der Waals surface area contributed by atoms with Crippen molar-refractivity contribution in [2.75, 3.05) is 26.7 Å². The maximum absolute atomic E-state index is 13.0. The highest BCUT2D eigenvalue weighted by molar-refractivity contribution is 6.01. The summed E-state index contributed by atoms with van der Waals surface area (Å²) in [5.74, 6) is 0.676. The molecule has 0 fully saturated rings. The van der Waals surface area contributed by atoms with E-state index in [1.165, 1.54) is 4.90 Å². The Hall–Kier alpha value is -3.41. The number of carbonyl (C=O) groups excluding carboxylic acids is 2. The first-order chi connectivity index (χ1) is 14.0. The van der Waals surface area contributed by atoms with E-state index in [-0.39, 0.29) is 18.4 Å². The first kappa shape index (κ1) is 20.3. The van der Waals surface area contributed by atoms with E-state index in [1.54, 1.807) is 36.3 Å². The van der Waals surface area contributed by atoms with E-state index >= 15 is 0 Å². The predicted octanol–water partition coefficient (Wildman–Crippen LogP) is 3.95. The molecule has 0 aliphatic carbocycles. The Morgan fingerprint density at radius 3 is 2.31 bits per heavy atom. The number of oxazole rings is 1. The van der Waals surface area contributed by atoms with Crippen molar-refractivity contribution in [1.82, 2.24) is 14.8 Å². The summed E-state index contributed by atoms with van der Waals surface area (Å²) in [5, 5.41) is 0. The molecule has 0 atom stereocenters. The Balaban J connectivity index is 1.85. The number of hydrogen-bond donors (Lipinski definition) is 0. The van der Waals surface area contributed by atoms with Crippen molar-refractivity contribution >= 4 is 11.8 Å². The number of amides is 2. The molecule has 0 spiro atoms. The van der Waals surface area contributed by atoms with Crippen LogP contribution in [0.2, 0.25) is 0 Å². The number of benzene rings is 2. The van der Waals surface area contributed by atoms with Crippen molar-refractivity contribution in [2.24, 2.45) is 0 Å². The van der Waals surface area contributed by atoms with Crippen LogP contribution in [0.3, 0.4) is 0 Å². The molecule has 150 valence electrons. The summed E-state index contributed by atoms with van der Waals surface area (Å²) < 4.78 is 5.92. The summed E-state index contributed by atoms with van der Waals surface area (Å²) in [4.78, 5) is 32.9. The maximum Gasteiger partial charge on any atom is 0.254 e. The van der Waals surface area contributed by atoms with Gasteiger partial charge in [-0.1, -0.05) is 42.5 Å². The van der Waals surface area contributed by atoms with Crippen LogP contribution in [0.15, 0.2) is 65.2 Å². The predicted molar refractivity (Wildman–Crippen MR) is 112 cm³/mol. The number of nitrogens with zero attached hydrogens (tertiary/aromatic N) is 3. The van der Waals surface area contributed by atoms with Gasteiger partial charge in [0.25, 0.3) is 5.91 Å². The molecule has 3 rings (SSSR count). The summed E-state index contributed by atoms with van der Waals surface area (Å²) in [6.45, 7) is 5.10. The minimum atomic E-state index is -0.249. The molecule has 3 aromatic rings. The third-order valence-corrected chi connectivity index (χ3v) is 4.79. The molecular weight excluding hydrogens is 366 g/mol. The van der Waals surface area contributed by atoms with E-state index in [2.05, 4.69) is 4.98 Å². The van der Waals surface area contributed by atoms with Gasteiger partial charge < -0.3 is 14.2 Å². The van der Waals surface area contributed by atoms with Gasteiger partial charge in [0.1, 0.15) is 0 Å². The van der Waals surface area contributed by atoms with Gasteiger partial charge in [-0.25, -0.2) is 4.98 Å². The van der Waals surface area contributed by atoms with Gasteiger partial charge in [-0.3, -0.25) is 9.59 Å². The Morgan fingerprint density at radius 2 is 1.62 bits per heavy atom. The monoisotopic (exact) mass is 391 g/mol. The lowest BCUT2D eigenvalue weighted by molar-refractivity contribution is -0.131. The van der Waals surface area contributed by atoms with Crippen molar-refractivity contribution < 1.29 is 14.0 Å². The first-order valence-corrected chi connectivity index (χ1v) is 9.69. The third kappa shape index (κ3) is 4.54. The molecule has 1 heterocycles. The van der Waals surface area contributed by atoms with Gasteiger partial charge >= 0.3 is 0 Å². The van der Waals surface area contributed by atoms with E-state index < -0.39 is 0 Å². The second-order valence-electron chi connectivity index (χ2n) is 6.67. The minimum Gasteiger partial charge on any atom is -0.436 e. The van der Waals surface area contributed by atoms with Crippen LogP contribution in [0.4, 0.5) is 0 Å². The van der Waals surface area contributed by atoms with Gasteiger partial charge in [0, 0.05) is 31.3 Å². The first-order valence-electron chi connectivity index (χ1n) is 9.69. The van der Waals surface area contributed by atoms with Crippen LogP contribution < -0.4 is 0 Å². The lowest BCUT2D eigenvalue weighted by atomic mass is 10.1. The molecule has 6 heteroatoms. The van der Waals surface area contributed by atoms with Crippen molar-refractivity contribution in [3.05, 3.63) is 66.4 Å². The molecule has 0 unspecified atom stereocenters. The van der Waals surface area contributed by atoms with Gasteiger partial charge in [0.15, 0.2) is 5.76 Å². The van der Waals surface area contributed by atoms with E-state index in [9.17, 15) is 9.59 Å². The Morgan fingerprint density at radius 1 is 0.966 bits per heavy atom. The van der Waals surface area contributed by atoms with E-state index in [0.29, 0.717) is 35.9 Å². The zero-order chi connectivity index (χ0) is 20.8. The Kier molecular flexibility index (Phi) is 6.44. The molecule has 0 N–H and O–H groups in total. The number of hydrogen-bond acceptors (Lipinski definition) is 4. The second-order valence-corrected chi connectivity index (χ2v) is 6.67. The molecule has 0 radical (unpaired) electrons. The minimum absolute atomic E-state index is 0.0235. The zero-order valence-electron chi connectivity index (χ0n) is 17.0. The summed E-state index contributed by atoms with van der Waals surface area (Å²) in [5.41, 5.74) is 1.96. The van der Waals surface area contributed by atoms with Crippen LogP contribution >= 0.6 is 0 Å². The number of rotatable bonds is 7. The van der Waals surface area contributed by atoms with Crippen LogP contribution in [0.5, 0.6) is 0 Å². The molecular formula is C23H25N3O3. The van der Waals surface area contributed by atoms with Crippen LogP contribution in [0.25, 0.3) is 22.8 Å². The smallest absolute Gasteiger partial charge is 0.254 e. The average Bonchev–Trinajstić information content (AvgIpc) is 3.25. The maximum atomic E-state index is 13.0. The third-order valence-electron chi connectivity index (χ3n) is 4.79. The molecule has 2 aromatic carbocycles. The molecule has 0 saturated carbocycles. The van der Waals surface area contributed by atoms with Crippen LogP contribution in [0, 0.1) is 0 Å². The van der Waals surface area contributed by atoms with E-state index in [1.807, 2.05) is 50.2 Å². The topological polar surface area (TPSA) is 66.7 Å². The zero-order valence-corrected chi connectivity index (χ0v) is 17.0. The second kappa shape index (κ2) is 9.19. The number of aromatic nitrogens is 1. The van der Waals surface area contributed by atoms with Crippen molar-refractivity contribution in [2.45, 2.75) is 13.8 Å². The summed E-state index contributed by atoms with van der Waals surface area (Å²) >= 11 is 0. The summed E-state index contributed by atoms with van der Waals surface area (Å²) in [6.07, 6.45) is 1.65. The molecule has 0 aliphatic rings. The van der Waals surface area contributed by atoms with E-state index in [4.69, 9.17) is 4.42 Å². The lowest BCUT2D eigenvalue weighted by Crippen LogP contribution is -2.41. The normalized spacial score (nSPS) is 10.6. The largest absolute Gasteiger partial charge is 0.436 e. The number of likely N-dealkylation sites (N-methyl/N-ethyl adjacent to an activating group) is 2. The molecule has 0 bridgehead atoms. The summed E-state index contributed by atoms with van der Waals surface area (Å²) in [7, 11) is 1.63. The highest BCUT2D eigenvalue weighted by Gasteiger charge is 2.22. The van der Waals surface area contributed by atoms with Gasteiger partial charge in [-0.05, 0) is 26.0 Å². The number of carbonyl (C=O) groups is 2. The molecule has 0 aliphatic heterocycles. The van der Waals surface area contributed by atoms with Gasteiger partial charge in [-0.2, -0.15) is 0 Å². The van der Waals surface area contributed by atoms with Crippen molar-refractivity contribution in [3.8, 4) is 22.8 Å². The van der Waals surface area contributed by atoms with Crippen LogP contribution in [-0.4, -0.2) is 53.3 Å². The van der Waals surface area contributed by atoms with Crippen LogP contribution in [-0.2, 0) is 4.79 Å². The Bertz CT molecular complexity index is 978. The molecule has 2 amide bonds. The van der Waals surface area contributed by atoms with Gasteiger partial charge in [0.05, 0.1) is 18.3 Å². The van der Waals surface area contributed by atoms with Gasteiger partial charge in [-0.15, -0.1) is 0 Å². The molecule has 0 saturated heterocycles. The standard InChI is InChI=1S/C23H25N3O3/c1-4-26(5-2)21(27)16-25(3)23(28)19-14-10-9-13-18(19)22-24-15-20(29-22)17-11-7-6-8-12-17/h6-15H,4-5,16H2,1-3H3. The summed E-state index contributed by atoms with van der Waals surface area (Å²) in [6, 6.07) is 16.8. The quantitative estimate of drug-likeness (QED) is 0.612. The fourth-order valence-corrected chi connectivity index (χ4v) is 3.15. The average molecular weight is 391 g/mol. The van der Waals surface area contributed by atoms with Gasteiger partial charge in [0.2, 0.25) is 11.8 Å². The van der Waals surface area contributed by atoms with Crippen LogP contribution in [0.1, 0.15) is 24.2 Å². The molecule has 29 heavy (non-hydrogen) atoms. The lowest BCUT2D eigenvalue weighted by Gasteiger charge is -2.23. The highest BCUT2D eigenvalue weighted by Crippen LogP contribution is 2.28. The van der Waals surface area contributed by atoms with Crippen molar-refractivity contribution in [1.29, 1.82) is 0 Å².